The van der Waals surface area contributed by atoms with Crippen molar-refractivity contribution in [3.8, 4) is 5.75 Å². The minimum absolute atomic E-state index is 0.147. The largest absolute Gasteiger partial charge is 0.507 e. The SMILES string of the molecule is COc1ccc(/C(O)=C2/C(=O)C(=O)N(c3ccc(S(N)(=O)=O)cc3)C2c2ccc(C)o2)cc1. The number of benzene rings is 2. The summed E-state index contributed by atoms with van der Waals surface area (Å²) in [6.07, 6.45) is 0. The van der Waals surface area contributed by atoms with Crippen molar-refractivity contribution in [2.24, 2.45) is 5.14 Å². The first kappa shape index (κ1) is 22.3. The van der Waals surface area contributed by atoms with Gasteiger partial charge >= 0.3 is 0 Å². The zero-order chi connectivity index (χ0) is 23.9. The van der Waals surface area contributed by atoms with E-state index in [-0.39, 0.29) is 27.7 Å². The lowest BCUT2D eigenvalue weighted by Crippen LogP contribution is -2.29. The highest BCUT2D eigenvalue weighted by Gasteiger charge is 2.48. The van der Waals surface area contributed by atoms with Gasteiger partial charge in [0.05, 0.1) is 17.6 Å². The summed E-state index contributed by atoms with van der Waals surface area (Å²) in [5.41, 5.74) is 0.388. The molecule has 1 atom stereocenters. The van der Waals surface area contributed by atoms with Crippen molar-refractivity contribution in [1.82, 2.24) is 0 Å². The highest BCUT2D eigenvalue weighted by molar-refractivity contribution is 7.89. The number of aliphatic hydroxyl groups excluding tert-OH is 1. The van der Waals surface area contributed by atoms with Gasteiger partial charge in [-0.15, -0.1) is 0 Å². The monoisotopic (exact) mass is 468 g/mol. The molecule has 9 nitrogen and oxygen atoms in total. The molecule has 1 amide bonds. The maximum Gasteiger partial charge on any atom is 0.300 e. The molecule has 1 aliphatic heterocycles. The molecule has 2 aromatic carbocycles. The van der Waals surface area contributed by atoms with Gasteiger partial charge in [-0.05, 0) is 67.6 Å². The number of nitrogens with two attached hydrogens (primary N) is 1. The molecule has 1 aromatic heterocycles. The number of amides is 1. The number of ketones is 1. The molecule has 170 valence electrons. The molecule has 0 saturated carbocycles. The molecule has 4 rings (SSSR count). The number of ether oxygens (including phenoxy) is 1. The van der Waals surface area contributed by atoms with Gasteiger partial charge in [0.25, 0.3) is 11.7 Å². The summed E-state index contributed by atoms with van der Waals surface area (Å²) in [6.45, 7) is 1.71. The zero-order valence-electron chi connectivity index (χ0n) is 17.7. The number of carbonyl (C=O) groups is 2. The van der Waals surface area contributed by atoms with E-state index in [2.05, 4.69) is 0 Å². The van der Waals surface area contributed by atoms with Crippen molar-refractivity contribution in [2.45, 2.75) is 17.9 Å². The van der Waals surface area contributed by atoms with Crippen LogP contribution in [0.5, 0.6) is 5.75 Å². The number of hydrogen-bond acceptors (Lipinski definition) is 7. The lowest BCUT2D eigenvalue weighted by Gasteiger charge is -2.23. The molecule has 0 radical (unpaired) electrons. The van der Waals surface area contributed by atoms with Crippen LogP contribution in [-0.2, 0) is 19.6 Å². The molecule has 3 N–H and O–H groups in total. The van der Waals surface area contributed by atoms with E-state index < -0.39 is 27.8 Å². The van der Waals surface area contributed by atoms with Gasteiger partial charge in [-0.25, -0.2) is 13.6 Å². The van der Waals surface area contributed by atoms with Crippen molar-refractivity contribution in [1.29, 1.82) is 0 Å². The fourth-order valence-electron chi connectivity index (χ4n) is 3.67. The van der Waals surface area contributed by atoms with Crippen molar-refractivity contribution < 1.29 is 32.3 Å². The Hall–Kier alpha value is -3.89. The van der Waals surface area contributed by atoms with Gasteiger partial charge in [0.1, 0.15) is 29.1 Å². The van der Waals surface area contributed by atoms with E-state index in [0.29, 0.717) is 17.1 Å². The molecule has 0 spiro atoms. The molecule has 1 unspecified atom stereocenters. The molecule has 1 aliphatic rings. The maximum atomic E-state index is 13.1. The second-order valence-corrected chi connectivity index (χ2v) is 8.95. The standard InChI is InChI=1S/C23H20N2O7S/c1-13-3-12-18(32-13)20-19(21(26)14-4-8-16(31-2)9-5-14)22(27)23(28)25(20)15-6-10-17(11-7-15)33(24,29)30/h3-12,20,26H,1-2H3,(H2,24,29,30)/b21-19-. The summed E-state index contributed by atoms with van der Waals surface area (Å²) in [5.74, 6) is -0.814. The third-order valence-corrected chi connectivity index (χ3v) is 6.21. The molecule has 0 bridgehead atoms. The first-order valence-corrected chi connectivity index (χ1v) is 11.3. The number of anilines is 1. The summed E-state index contributed by atoms with van der Waals surface area (Å²) in [6, 6.07) is 13.8. The third kappa shape index (κ3) is 4.01. The third-order valence-electron chi connectivity index (χ3n) is 5.28. The Labute approximate surface area is 189 Å². The molecule has 1 fully saturated rings. The molecule has 3 aromatic rings. The number of furan rings is 1. The van der Waals surface area contributed by atoms with Crippen LogP contribution in [0, 0.1) is 6.92 Å². The molecule has 10 heteroatoms. The van der Waals surface area contributed by atoms with Gasteiger partial charge in [0.15, 0.2) is 0 Å². The number of Topliss-reactive ketones (excluding diaryl/α,β-unsaturated/α-hetero) is 1. The Morgan fingerprint density at radius 3 is 2.18 bits per heavy atom. The Kier molecular flexibility index (Phi) is 5.56. The van der Waals surface area contributed by atoms with Crippen LogP contribution in [0.4, 0.5) is 5.69 Å². The topological polar surface area (TPSA) is 140 Å². The summed E-state index contributed by atoms with van der Waals surface area (Å²) < 4.78 is 34.0. The van der Waals surface area contributed by atoms with Crippen LogP contribution in [0.2, 0.25) is 0 Å². The van der Waals surface area contributed by atoms with Crippen LogP contribution < -0.4 is 14.8 Å². The molecule has 33 heavy (non-hydrogen) atoms. The van der Waals surface area contributed by atoms with Crippen molar-refractivity contribution in [3.63, 3.8) is 0 Å². The van der Waals surface area contributed by atoms with E-state index in [0.717, 1.165) is 4.90 Å². The summed E-state index contributed by atoms with van der Waals surface area (Å²) >= 11 is 0. The number of aliphatic hydroxyl groups is 1. The van der Waals surface area contributed by atoms with E-state index >= 15 is 0 Å². The van der Waals surface area contributed by atoms with Crippen LogP contribution in [0.3, 0.4) is 0 Å². The molecule has 1 saturated heterocycles. The summed E-state index contributed by atoms with van der Waals surface area (Å²) in [7, 11) is -2.44. The van der Waals surface area contributed by atoms with Crippen LogP contribution in [0.1, 0.15) is 23.1 Å². The van der Waals surface area contributed by atoms with Gasteiger partial charge in [-0.2, -0.15) is 0 Å². The average molecular weight is 468 g/mol. The van der Waals surface area contributed by atoms with Gasteiger partial charge < -0.3 is 14.3 Å². The first-order valence-electron chi connectivity index (χ1n) is 9.76. The second kappa shape index (κ2) is 8.23. The lowest BCUT2D eigenvalue weighted by atomic mass is 9.99. The Balaban J connectivity index is 1.88. The highest BCUT2D eigenvalue weighted by atomic mass is 32.2. The Bertz CT molecular complexity index is 1370. The van der Waals surface area contributed by atoms with Crippen molar-refractivity contribution in [2.75, 3.05) is 12.0 Å². The fourth-order valence-corrected chi connectivity index (χ4v) is 4.18. The molecular formula is C23H20N2O7S. The fraction of sp³-hybridized carbons (Fsp3) is 0.130. The van der Waals surface area contributed by atoms with Crippen LogP contribution >= 0.6 is 0 Å². The summed E-state index contributed by atoms with van der Waals surface area (Å²) in [4.78, 5) is 27.1. The smallest absolute Gasteiger partial charge is 0.300 e. The highest BCUT2D eigenvalue weighted by Crippen LogP contribution is 2.42. The van der Waals surface area contributed by atoms with Crippen molar-refractivity contribution in [3.05, 3.63) is 83.3 Å². The number of hydrogen-bond donors (Lipinski definition) is 2. The number of nitrogens with zero attached hydrogens (tertiary/aromatic N) is 1. The first-order chi connectivity index (χ1) is 15.6. The van der Waals surface area contributed by atoms with Crippen LogP contribution in [0.15, 0.2) is 75.5 Å². The number of methoxy groups -OCH3 is 1. The number of primary sulfonamides is 1. The number of sulfonamides is 1. The summed E-state index contributed by atoms with van der Waals surface area (Å²) in [5, 5.41) is 16.2. The van der Waals surface area contributed by atoms with E-state index in [1.165, 1.54) is 31.4 Å². The number of carbonyl (C=O) groups excluding carboxylic acids is 2. The molecular weight excluding hydrogens is 448 g/mol. The number of rotatable bonds is 5. The van der Waals surface area contributed by atoms with Gasteiger partial charge in [0.2, 0.25) is 10.0 Å². The lowest BCUT2D eigenvalue weighted by molar-refractivity contribution is -0.132. The Morgan fingerprint density at radius 1 is 1.03 bits per heavy atom. The zero-order valence-corrected chi connectivity index (χ0v) is 18.5. The normalized spacial score (nSPS) is 18.0. The molecule has 2 heterocycles. The van der Waals surface area contributed by atoms with E-state index in [1.807, 2.05) is 0 Å². The predicted molar refractivity (Wildman–Crippen MR) is 119 cm³/mol. The quantitative estimate of drug-likeness (QED) is 0.333. The maximum absolute atomic E-state index is 13.1. The van der Waals surface area contributed by atoms with Crippen LogP contribution in [0.25, 0.3) is 5.76 Å². The average Bonchev–Trinajstić information content (AvgIpc) is 3.33. The Morgan fingerprint density at radius 2 is 1.67 bits per heavy atom. The van der Waals surface area contributed by atoms with E-state index in [4.69, 9.17) is 14.3 Å². The number of aryl methyl sites for hydroxylation is 1. The second-order valence-electron chi connectivity index (χ2n) is 7.38. The van der Waals surface area contributed by atoms with E-state index in [9.17, 15) is 23.1 Å². The molecule has 0 aliphatic carbocycles. The van der Waals surface area contributed by atoms with Crippen LogP contribution in [-0.4, -0.2) is 32.3 Å². The van der Waals surface area contributed by atoms with Gasteiger partial charge in [0, 0.05) is 11.3 Å². The van der Waals surface area contributed by atoms with Gasteiger partial charge in [-0.1, -0.05) is 0 Å². The van der Waals surface area contributed by atoms with Crippen molar-refractivity contribution >= 4 is 33.2 Å². The van der Waals surface area contributed by atoms with Gasteiger partial charge in [-0.3, -0.25) is 14.5 Å². The predicted octanol–water partition coefficient (Wildman–Crippen LogP) is 2.87. The van der Waals surface area contributed by atoms with E-state index in [1.54, 1.807) is 43.3 Å². The minimum Gasteiger partial charge on any atom is -0.507 e. The minimum atomic E-state index is -3.94.